The van der Waals surface area contributed by atoms with Gasteiger partial charge in [-0.2, -0.15) is 8.42 Å². The molecule has 0 bridgehead atoms. The number of halogens is 1. The summed E-state index contributed by atoms with van der Waals surface area (Å²) in [5.41, 5.74) is 0.430. The largest absolute Gasteiger partial charge is 0.372 e. The van der Waals surface area contributed by atoms with E-state index in [2.05, 4.69) is 5.32 Å². The predicted molar refractivity (Wildman–Crippen MR) is 77.2 cm³/mol. The van der Waals surface area contributed by atoms with Crippen LogP contribution in [0.3, 0.4) is 0 Å². The third kappa shape index (κ3) is 2.66. The molecule has 0 aliphatic carbocycles. The summed E-state index contributed by atoms with van der Waals surface area (Å²) in [7, 11) is -0.976. The molecule has 116 valence electrons. The molecule has 0 spiro atoms. The lowest BCUT2D eigenvalue weighted by Crippen LogP contribution is -2.32. The van der Waals surface area contributed by atoms with Gasteiger partial charge in [-0.25, -0.2) is 4.39 Å². The Labute approximate surface area is 122 Å². The van der Waals surface area contributed by atoms with Crippen molar-refractivity contribution in [2.45, 2.75) is 6.92 Å². The highest BCUT2D eigenvalue weighted by molar-refractivity contribution is 7.94. The Morgan fingerprint density at radius 2 is 1.86 bits per heavy atom. The second-order valence-corrected chi connectivity index (χ2v) is 6.44. The van der Waals surface area contributed by atoms with E-state index in [1.54, 1.807) is 6.92 Å². The number of hydrogen-bond donors (Lipinski definition) is 1. The lowest BCUT2D eigenvalue weighted by molar-refractivity contribution is -0.120. The Bertz CT molecular complexity index is 677. The molecule has 0 saturated carbocycles. The van der Waals surface area contributed by atoms with Crippen molar-refractivity contribution in [2.24, 2.45) is 0 Å². The highest BCUT2D eigenvalue weighted by atomic mass is 32.2. The van der Waals surface area contributed by atoms with Crippen LogP contribution in [0, 0.1) is 5.82 Å². The van der Waals surface area contributed by atoms with Crippen LogP contribution in [0.4, 0.5) is 21.5 Å². The van der Waals surface area contributed by atoms with Gasteiger partial charge < -0.3 is 10.1 Å². The first-order chi connectivity index (χ1) is 9.78. The van der Waals surface area contributed by atoms with E-state index in [9.17, 15) is 17.6 Å². The number of anilines is 3. The molecule has 0 fully saturated rings. The van der Waals surface area contributed by atoms with Crippen molar-refractivity contribution < 1.29 is 22.3 Å². The normalized spacial score (nSPS) is 16.0. The van der Waals surface area contributed by atoms with Crippen LogP contribution in [0.5, 0.6) is 0 Å². The number of nitrogens with zero attached hydrogens (tertiary/aromatic N) is 2. The molecule has 2 rings (SSSR count). The molecule has 1 aliphatic heterocycles. The first kappa shape index (κ1) is 15.5. The van der Waals surface area contributed by atoms with Gasteiger partial charge in [-0.05, 0) is 13.0 Å². The minimum atomic E-state index is -3.68. The van der Waals surface area contributed by atoms with Gasteiger partial charge in [0, 0.05) is 26.8 Å². The lowest BCUT2D eigenvalue weighted by Gasteiger charge is -2.13. The number of rotatable bonds is 4. The molecule has 0 atom stereocenters. The van der Waals surface area contributed by atoms with Crippen molar-refractivity contribution in [3.05, 3.63) is 17.9 Å². The van der Waals surface area contributed by atoms with Gasteiger partial charge in [-0.3, -0.25) is 13.4 Å². The monoisotopic (exact) mass is 317 g/mol. The zero-order chi connectivity index (χ0) is 15.8. The average molecular weight is 317 g/mol. The Morgan fingerprint density at radius 1 is 1.29 bits per heavy atom. The Kier molecular flexibility index (Phi) is 4.06. The third-order valence-corrected chi connectivity index (χ3v) is 4.92. The summed E-state index contributed by atoms with van der Waals surface area (Å²) < 4.78 is 44.8. The zero-order valence-electron chi connectivity index (χ0n) is 11.9. The topological polar surface area (TPSA) is 79.0 Å². The minimum absolute atomic E-state index is 0.0872. The number of ether oxygens (including phenoxy) is 1. The van der Waals surface area contributed by atoms with Crippen molar-refractivity contribution in [2.75, 3.05) is 41.2 Å². The molecule has 7 nitrogen and oxygen atoms in total. The summed E-state index contributed by atoms with van der Waals surface area (Å²) >= 11 is 0. The summed E-state index contributed by atoms with van der Waals surface area (Å²) in [5.74, 6) is -1.22. The van der Waals surface area contributed by atoms with Crippen molar-refractivity contribution in [1.29, 1.82) is 0 Å². The fourth-order valence-electron chi connectivity index (χ4n) is 1.96. The second-order valence-electron chi connectivity index (χ2n) is 4.45. The van der Waals surface area contributed by atoms with E-state index in [1.165, 1.54) is 20.2 Å². The van der Waals surface area contributed by atoms with Crippen LogP contribution < -0.4 is 13.9 Å². The van der Waals surface area contributed by atoms with Crippen molar-refractivity contribution >= 4 is 33.2 Å². The molecule has 0 saturated heterocycles. The van der Waals surface area contributed by atoms with Gasteiger partial charge in [0.05, 0.1) is 17.1 Å². The van der Waals surface area contributed by atoms with Gasteiger partial charge >= 0.3 is 10.2 Å². The van der Waals surface area contributed by atoms with Crippen LogP contribution in [0.25, 0.3) is 0 Å². The van der Waals surface area contributed by atoms with Gasteiger partial charge in [0.15, 0.2) is 0 Å². The standard InChI is InChI=1S/C12H16FN3O4S/c1-4-20-7-12(17)14-9-6-11-10(5-8(9)13)15(2)21(18,19)16(11)3/h5-6H,4,7H2,1-3H3,(H,14,17). The van der Waals surface area contributed by atoms with E-state index < -0.39 is 21.9 Å². The zero-order valence-corrected chi connectivity index (χ0v) is 12.7. The molecule has 1 amide bonds. The number of nitrogens with one attached hydrogen (secondary N) is 1. The number of benzene rings is 1. The van der Waals surface area contributed by atoms with Crippen LogP contribution in [0.2, 0.25) is 0 Å². The summed E-state index contributed by atoms with van der Waals surface area (Å²) in [6, 6.07) is 2.36. The van der Waals surface area contributed by atoms with Crippen LogP contribution in [-0.4, -0.2) is 41.6 Å². The highest BCUT2D eigenvalue weighted by Crippen LogP contribution is 2.41. The molecule has 1 aromatic carbocycles. The Morgan fingerprint density at radius 3 is 2.43 bits per heavy atom. The molecule has 21 heavy (non-hydrogen) atoms. The van der Waals surface area contributed by atoms with E-state index in [-0.39, 0.29) is 18.0 Å². The van der Waals surface area contributed by atoms with E-state index in [0.717, 1.165) is 14.7 Å². The van der Waals surface area contributed by atoms with Gasteiger partial charge in [0.1, 0.15) is 12.4 Å². The van der Waals surface area contributed by atoms with Crippen LogP contribution in [0.15, 0.2) is 12.1 Å². The number of fused-ring (bicyclic) bond motifs is 1. The number of carbonyl (C=O) groups excluding carboxylic acids is 1. The quantitative estimate of drug-likeness (QED) is 0.896. The summed E-state index contributed by atoms with van der Waals surface area (Å²) in [6.07, 6.45) is 0. The first-order valence-corrected chi connectivity index (χ1v) is 7.62. The Hall–Kier alpha value is -1.87. The fourth-order valence-corrected chi connectivity index (χ4v) is 3.12. The second kappa shape index (κ2) is 5.49. The molecular formula is C12H16FN3O4S. The van der Waals surface area contributed by atoms with E-state index in [4.69, 9.17) is 4.74 Å². The van der Waals surface area contributed by atoms with Crippen molar-refractivity contribution in [1.82, 2.24) is 0 Å². The van der Waals surface area contributed by atoms with Crippen LogP contribution >= 0.6 is 0 Å². The Balaban J connectivity index is 2.33. The summed E-state index contributed by atoms with van der Waals surface area (Å²) in [4.78, 5) is 11.6. The molecule has 1 N–H and O–H groups in total. The minimum Gasteiger partial charge on any atom is -0.372 e. The smallest absolute Gasteiger partial charge is 0.326 e. The van der Waals surface area contributed by atoms with Crippen LogP contribution in [-0.2, 0) is 19.7 Å². The molecule has 1 aromatic rings. The van der Waals surface area contributed by atoms with E-state index in [0.29, 0.717) is 12.3 Å². The number of hydrogen-bond acceptors (Lipinski definition) is 4. The lowest BCUT2D eigenvalue weighted by atomic mass is 10.2. The maximum Gasteiger partial charge on any atom is 0.326 e. The molecule has 0 aromatic heterocycles. The molecule has 0 unspecified atom stereocenters. The molecule has 9 heteroatoms. The average Bonchev–Trinajstić information content (AvgIpc) is 2.59. The van der Waals surface area contributed by atoms with Crippen molar-refractivity contribution in [3.8, 4) is 0 Å². The first-order valence-electron chi connectivity index (χ1n) is 6.23. The SMILES string of the molecule is CCOCC(=O)Nc1cc2c(cc1F)N(C)S(=O)(=O)N2C. The fraction of sp³-hybridized carbons (Fsp3) is 0.417. The summed E-state index contributed by atoms with van der Waals surface area (Å²) in [6.45, 7) is 1.91. The molecule has 1 aliphatic rings. The van der Waals surface area contributed by atoms with Gasteiger partial charge in [0.25, 0.3) is 0 Å². The molecule has 1 heterocycles. The number of carbonyl (C=O) groups is 1. The highest BCUT2D eigenvalue weighted by Gasteiger charge is 2.36. The van der Waals surface area contributed by atoms with Gasteiger partial charge in [-0.1, -0.05) is 0 Å². The maximum atomic E-state index is 14.0. The van der Waals surface area contributed by atoms with Gasteiger partial charge in [-0.15, -0.1) is 0 Å². The maximum absolute atomic E-state index is 14.0. The molecule has 0 radical (unpaired) electrons. The molecular weight excluding hydrogens is 301 g/mol. The summed E-state index contributed by atoms with van der Waals surface area (Å²) in [5, 5.41) is 2.36. The van der Waals surface area contributed by atoms with E-state index in [1.807, 2.05) is 0 Å². The van der Waals surface area contributed by atoms with Crippen molar-refractivity contribution in [3.63, 3.8) is 0 Å². The van der Waals surface area contributed by atoms with Crippen LogP contribution in [0.1, 0.15) is 6.92 Å². The van der Waals surface area contributed by atoms with E-state index >= 15 is 0 Å². The number of amides is 1. The predicted octanol–water partition coefficient (Wildman–Crippen LogP) is 0.931. The third-order valence-electron chi connectivity index (χ3n) is 3.15. The van der Waals surface area contributed by atoms with Gasteiger partial charge in [0.2, 0.25) is 5.91 Å².